The van der Waals surface area contributed by atoms with Crippen LogP contribution in [0, 0.1) is 6.92 Å². The fourth-order valence-corrected chi connectivity index (χ4v) is 3.07. The van der Waals surface area contributed by atoms with Crippen LogP contribution >= 0.6 is 27.3 Å². The Labute approximate surface area is 118 Å². The smallest absolute Gasteiger partial charge is 0.264 e. The summed E-state index contributed by atoms with van der Waals surface area (Å²) in [5.41, 5.74) is 1.04. The first-order chi connectivity index (χ1) is 8.47. The molecular weight excluding hydrogens is 316 g/mol. The highest BCUT2D eigenvalue weighted by Crippen LogP contribution is 2.28. The second-order valence-electron chi connectivity index (χ2n) is 4.57. The second-order valence-corrected chi connectivity index (χ2v) is 6.94. The molecule has 2 rings (SSSR count). The summed E-state index contributed by atoms with van der Waals surface area (Å²) >= 11 is 4.79. The molecule has 1 N–H and O–H groups in total. The number of nitrogens with one attached hydrogen (secondary N) is 1. The van der Waals surface area contributed by atoms with Crippen molar-refractivity contribution < 1.29 is 9.59 Å². The lowest BCUT2D eigenvalue weighted by atomic mass is 10.3. The summed E-state index contributed by atoms with van der Waals surface area (Å²) in [5.74, 6) is -0.194. The molecule has 98 valence electrons. The monoisotopic (exact) mass is 330 g/mol. The molecule has 1 saturated carbocycles. The van der Waals surface area contributed by atoms with Crippen LogP contribution in [0.15, 0.2) is 9.85 Å². The third-order valence-electron chi connectivity index (χ3n) is 2.74. The number of hydrogen-bond acceptors (Lipinski definition) is 3. The van der Waals surface area contributed by atoms with Gasteiger partial charge in [-0.1, -0.05) is 0 Å². The van der Waals surface area contributed by atoms with Gasteiger partial charge in [0.15, 0.2) is 0 Å². The van der Waals surface area contributed by atoms with Crippen LogP contribution < -0.4 is 5.32 Å². The van der Waals surface area contributed by atoms with Gasteiger partial charge in [-0.3, -0.25) is 9.59 Å². The molecule has 1 aliphatic rings. The number of nitrogens with zero attached hydrogens (tertiary/aromatic N) is 1. The van der Waals surface area contributed by atoms with Gasteiger partial charge >= 0.3 is 0 Å². The van der Waals surface area contributed by atoms with Crippen LogP contribution in [0.2, 0.25) is 0 Å². The summed E-state index contributed by atoms with van der Waals surface area (Å²) < 4.78 is 0.960. The lowest BCUT2D eigenvalue weighted by molar-refractivity contribution is -0.121. The second kappa shape index (κ2) is 5.40. The van der Waals surface area contributed by atoms with Crippen molar-refractivity contribution >= 4 is 39.1 Å². The molecule has 0 saturated heterocycles. The highest BCUT2D eigenvalue weighted by molar-refractivity contribution is 9.11. The standard InChI is InChI=1S/C12H15BrN2O2S/c1-7-5-9(18-11(7)13)12(17)15(2)6-10(16)14-8-3-4-8/h5,8H,3-4,6H2,1-2H3,(H,14,16). The summed E-state index contributed by atoms with van der Waals surface area (Å²) in [6.45, 7) is 2.06. The van der Waals surface area contributed by atoms with E-state index in [0.29, 0.717) is 10.9 Å². The zero-order chi connectivity index (χ0) is 13.3. The number of rotatable bonds is 4. The molecule has 1 fully saturated rings. The van der Waals surface area contributed by atoms with Crippen LogP contribution in [0.4, 0.5) is 0 Å². The molecule has 6 heteroatoms. The Morgan fingerprint density at radius 3 is 2.72 bits per heavy atom. The SMILES string of the molecule is Cc1cc(C(=O)N(C)CC(=O)NC2CC2)sc1Br. The molecule has 0 radical (unpaired) electrons. The molecule has 1 heterocycles. The number of aryl methyl sites for hydroxylation is 1. The van der Waals surface area contributed by atoms with Gasteiger partial charge < -0.3 is 10.2 Å². The zero-order valence-corrected chi connectivity index (χ0v) is 12.7. The normalized spacial score (nSPS) is 14.4. The summed E-state index contributed by atoms with van der Waals surface area (Å²) in [6.07, 6.45) is 2.11. The third kappa shape index (κ3) is 3.32. The van der Waals surface area contributed by atoms with Gasteiger partial charge in [0, 0.05) is 13.1 Å². The minimum absolute atomic E-state index is 0.0827. The minimum atomic E-state index is -0.111. The summed E-state index contributed by atoms with van der Waals surface area (Å²) in [4.78, 5) is 25.8. The molecule has 1 aliphatic carbocycles. The molecule has 18 heavy (non-hydrogen) atoms. The van der Waals surface area contributed by atoms with Crippen molar-refractivity contribution in [2.45, 2.75) is 25.8 Å². The third-order valence-corrected chi connectivity index (χ3v) is 4.86. The largest absolute Gasteiger partial charge is 0.352 e. The molecule has 0 aromatic carbocycles. The number of carbonyl (C=O) groups is 2. The maximum atomic E-state index is 12.1. The first-order valence-corrected chi connectivity index (χ1v) is 7.39. The Morgan fingerprint density at radius 2 is 2.22 bits per heavy atom. The van der Waals surface area contributed by atoms with Crippen molar-refractivity contribution in [2.24, 2.45) is 0 Å². The van der Waals surface area contributed by atoms with E-state index in [4.69, 9.17) is 0 Å². The Hall–Kier alpha value is -0.880. The van der Waals surface area contributed by atoms with Gasteiger partial charge in [0.2, 0.25) is 5.91 Å². The Balaban J connectivity index is 1.93. The predicted octanol–water partition coefficient (Wildman–Crippen LogP) is 2.17. The predicted molar refractivity (Wildman–Crippen MR) is 74.9 cm³/mol. The molecule has 1 aromatic heterocycles. The van der Waals surface area contributed by atoms with Crippen molar-refractivity contribution in [1.29, 1.82) is 0 Å². The molecule has 2 amide bonds. The fourth-order valence-electron chi connectivity index (χ4n) is 1.54. The molecule has 0 bridgehead atoms. The highest BCUT2D eigenvalue weighted by Gasteiger charge is 2.25. The van der Waals surface area contributed by atoms with Crippen LogP contribution in [0.25, 0.3) is 0 Å². The molecule has 4 nitrogen and oxygen atoms in total. The van der Waals surface area contributed by atoms with Gasteiger partial charge in [-0.2, -0.15) is 0 Å². The summed E-state index contributed by atoms with van der Waals surface area (Å²) in [5, 5.41) is 2.87. The van der Waals surface area contributed by atoms with Crippen molar-refractivity contribution in [2.75, 3.05) is 13.6 Å². The Morgan fingerprint density at radius 1 is 1.56 bits per heavy atom. The first-order valence-electron chi connectivity index (χ1n) is 5.78. The van der Waals surface area contributed by atoms with E-state index in [1.54, 1.807) is 7.05 Å². The molecule has 1 aromatic rings. The molecular formula is C12H15BrN2O2S. The van der Waals surface area contributed by atoms with Crippen molar-refractivity contribution in [3.8, 4) is 0 Å². The van der Waals surface area contributed by atoms with Gasteiger partial charge in [0.1, 0.15) is 0 Å². The van der Waals surface area contributed by atoms with Gasteiger partial charge in [-0.15, -0.1) is 11.3 Å². The first kappa shape index (κ1) is 13.5. The molecule has 0 aliphatic heterocycles. The van der Waals surface area contributed by atoms with Gasteiger partial charge in [-0.05, 0) is 47.3 Å². The van der Waals surface area contributed by atoms with E-state index in [1.165, 1.54) is 16.2 Å². The van der Waals surface area contributed by atoms with Crippen molar-refractivity contribution in [3.63, 3.8) is 0 Å². The number of thiophene rings is 1. The maximum absolute atomic E-state index is 12.1. The number of halogens is 1. The van der Waals surface area contributed by atoms with E-state index < -0.39 is 0 Å². The zero-order valence-electron chi connectivity index (χ0n) is 10.3. The van der Waals surface area contributed by atoms with Crippen molar-refractivity contribution in [1.82, 2.24) is 10.2 Å². The van der Waals surface area contributed by atoms with E-state index >= 15 is 0 Å². The van der Waals surface area contributed by atoms with Crippen molar-refractivity contribution in [3.05, 3.63) is 20.3 Å². The molecule has 0 atom stereocenters. The minimum Gasteiger partial charge on any atom is -0.352 e. The maximum Gasteiger partial charge on any atom is 0.264 e. The van der Waals surface area contributed by atoms with E-state index in [9.17, 15) is 9.59 Å². The number of hydrogen-bond donors (Lipinski definition) is 1. The summed E-state index contributed by atoms with van der Waals surface area (Å²) in [7, 11) is 1.65. The Kier molecular flexibility index (Phi) is 4.07. The van der Waals surface area contributed by atoms with Crippen LogP contribution in [-0.4, -0.2) is 36.3 Å². The van der Waals surface area contributed by atoms with Gasteiger partial charge in [-0.25, -0.2) is 0 Å². The van der Waals surface area contributed by atoms with Crippen LogP contribution in [0.1, 0.15) is 28.1 Å². The van der Waals surface area contributed by atoms with E-state index in [-0.39, 0.29) is 18.4 Å². The van der Waals surface area contributed by atoms with Gasteiger partial charge in [0.05, 0.1) is 15.2 Å². The van der Waals surface area contributed by atoms with Crippen LogP contribution in [0.3, 0.4) is 0 Å². The van der Waals surface area contributed by atoms with E-state index in [0.717, 1.165) is 22.2 Å². The highest BCUT2D eigenvalue weighted by atomic mass is 79.9. The molecule has 0 spiro atoms. The lowest BCUT2D eigenvalue weighted by Gasteiger charge is -2.15. The van der Waals surface area contributed by atoms with Gasteiger partial charge in [0.25, 0.3) is 5.91 Å². The lowest BCUT2D eigenvalue weighted by Crippen LogP contribution is -2.38. The van der Waals surface area contributed by atoms with E-state index in [2.05, 4.69) is 21.2 Å². The number of carbonyl (C=O) groups excluding carboxylic acids is 2. The number of amides is 2. The quantitative estimate of drug-likeness (QED) is 0.919. The average Bonchev–Trinajstić information content (AvgIpc) is 3.04. The fraction of sp³-hybridized carbons (Fsp3) is 0.500. The topological polar surface area (TPSA) is 49.4 Å². The Bertz CT molecular complexity index is 463. The van der Waals surface area contributed by atoms with Crippen LogP contribution in [-0.2, 0) is 4.79 Å². The average molecular weight is 331 g/mol. The number of likely N-dealkylation sites (N-methyl/N-ethyl adjacent to an activating group) is 1. The summed E-state index contributed by atoms with van der Waals surface area (Å²) in [6, 6.07) is 2.17. The van der Waals surface area contributed by atoms with Crippen LogP contribution in [0.5, 0.6) is 0 Å². The molecule has 0 unspecified atom stereocenters. The van der Waals surface area contributed by atoms with E-state index in [1.807, 2.05) is 13.0 Å².